The second-order valence-corrected chi connectivity index (χ2v) is 11.4. The molecule has 8 nitrogen and oxygen atoms in total. The Morgan fingerprint density at radius 3 is 2.64 bits per heavy atom. The number of benzene rings is 1. The number of thioether (sulfide) groups is 2. The third-order valence-electron chi connectivity index (χ3n) is 5.63. The number of hydrogen-bond donors (Lipinski definition) is 2. The van der Waals surface area contributed by atoms with Crippen LogP contribution in [0.15, 0.2) is 75.2 Å². The fourth-order valence-corrected chi connectivity index (χ4v) is 7.35. The third kappa shape index (κ3) is 5.45. The minimum Gasteiger partial charge on any atom is -1.00 e. The number of β-lactam (4-membered cyclic amide) rings is 1. The fraction of sp³-hybridized carbons (Fsp3) is 0.208. The monoisotopic (exact) mass is 652 g/mol. The van der Waals surface area contributed by atoms with Gasteiger partial charge in [0.25, 0.3) is 5.91 Å². The van der Waals surface area contributed by atoms with Crippen molar-refractivity contribution in [1.82, 2.24) is 15.2 Å². The Balaban J connectivity index is 0.00000304. The van der Waals surface area contributed by atoms with Gasteiger partial charge in [0.05, 0.1) is 12.1 Å². The van der Waals surface area contributed by atoms with E-state index < -0.39 is 23.3 Å². The van der Waals surface area contributed by atoms with Gasteiger partial charge in [-0.3, -0.25) is 14.5 Å². The van der Waals surface area contributed by atoms with Crippen molar-refractivity contribution >= 4 is 52.6 Å². The number of aromatic nitrogens is 2. The second-order valence-electron chi connectivity index (χ2n) is 8.05. The molecule has 0 spiro atoms. The van der Waals surface area contributed by atoms with Crippen LogP contribution in [0.2, 0.25) is 0 Å². The molecule has 3 aromatic rings. The van der Waals surface area contributed by atoms with Crippen molar-refractivity contribution in [3.8, 4) is 11.3 Å². The summed E-state index contributed by atoms with van der Waals surface area (Å²) in [5.41, 5.74) is 2.62. The highest BCUT2D eigenvalue weighted by Gasteiger charge is 2.54. The zero-order valence-electron chi connectivity index (χ0n) is 19.0. The van der Waals surface area contributed by atoms with Gasteiger partial charge in [0, 0.05) is 33.7 Å². The van der Waals surface area contributed by atoms with Gasteiger partial charge in [0.1, 0.15) is 24.2 Å². The van der Waals surface area contributed by atoms with Crippen LogP contribution in [0.1, 0.15) is 5.56 Å². The minimum atomic E-state index is -1.16. The van der Waals surface area contributed by atoms with E-state index in [1.165, 1.54) is 39.8 Å². The first-order valence-electron chi connectivity index (χ1n) is 10.7. The van der Waals surface area contributed by atoms with Gasteiger partial charge < -0.3 is 34.4 Å². The molecule has 0 radical (unpaired) electrons. The van der Waals surface area contributed by atoms with E-state index in [-0.39, 0.29) is 42.0 Å². The van der Waals surface area contributed by atoms with Gasteiger partial charge in [0.15, 0.2) is 16.7 Å². The summed E-state index contributed by atoms with van der Waals surface area (Å²) in [6.45, 7) is 0. The molecule has 0 bridgehead atoms. The number of carboxylic acids is 1. The Morgan fingerprint density at radius 1 is 1.22 bits per heavy atom. The number of thiazole rings is 1. The summed E-state index contributed by atoms with van der Waals surface area (Å²) in [6.07, 6.45) is 4.04. The zero-order valence-corrected chi connectivity index (χ0v) is 23.6. The number of carboxylic acid groups (broad SMARTS) is 1. The van der Waals surface area contributed by atoms with E-state index in [4.69, 9.17) is 0 Å². The number of carbonyl (C=O) groups excluding carboxylic acids is 2. The molecule has 1 fully saturated rings. The predicted molar refractivity (Wildman–Crippen MR) is 134 cm³/mol. The lowest BCUT2D eigenvalue weighted by molar-refractivity contribution is -0.671. The van der Waals surface area contributed by atoms with E-state index in [1.807, 2.05) is 71.9 Å². The number of carbonyl (C=O) groups is 3. The topological polar surface area (TPSA) is 103 Å². The largest absolute Gasteiger partial charge is 1.00 e. The standard InChI is InChI=1S/C24H20N4O4S3.HI/c1-27-9-7-15(8-10-27)16-12-34-24(25-16)35-17-13-33-22-19(21(30)28(22)20(17)23(31)32)26-18(29)11-14-5-3-2-4-6-14;/h2-10,12,19,22H,11,13H2,1H3,(H-,26,29,31,32);1H/t19-,22-;/m1./s1. The van der Waals surface area contributed by atoms with Crippen molar-refractivity contribution in [2.45, 2.75) is 22.2 Å². The molecule has 5 rings (SSSR count). The average Bonchev–Trinajstić information content (AvgIpc) is 3.31. The van der Waals surface area contributed by atoms with Gasteiger partial charge >= 0.3 is 5.97 Å². The van der Waals surface area contributed by atoms with Crippen LogP contribution in [0.4, 0.5) is 0 Å². The fourth-order valence-electron chi connectivity index (χ4n) is 3.89. The van der Waals surface area contributed by atoms with Gasteiger partial charge in [0.2, 0.25) is 5.91 Å². The summed E-state index contributed by atoms with van der Waals surface area (Å²) >= 11 is 4.16. The molecule has 186 valence electrons. The number of fused-ring (bicyclic) bond motifs is 1. The number of halogens is 1. The van der Waals surface area contributed by atoms with E-state index in [2.05, 4.69) is 10.3 Å². The molecule has 2 aliphatic heterocycles. The van der Waals surface area contributed by atoms with Crippen LogP contribution >= 0.6 is 34.9 Å². The number of nitrogens with one attached hydrogen (secondary N) is 1. The lowest BCUT2D eigenvalue weighted by atomic mass is 10.0. The number of hydrogen-bond acceptors (Lipinski definition) is 7. The van der Waals surface area contributed by atoms with Crippen molar-refractivity contribution < 1.29 is 48.0 Å². The number of amides is 2. The Bertz CT molecular complexity index is 1330. The molecular weight excluding hydrogens is 631 g/mol. The SMILES string of the molecule is C[n+]1ccc(-c2csc(SC3=C(C(=O)O)N4C(=O)[C@@H](NC(=O)Cc5ccccc5)[C@H]4SC3)n2)cc1.[I-]. The van der Waals surface area contributed by atoms with Gasteiger partial charge in [-0.25, -0.2) is 14.3 Å². The van der Waals surface area contributed by atoms with Crippen LogP contribution in [0.25, 0.3) is 11.3 Å². The van der Waals surface area contributed by atoms with Crippen molar-refractivity contribution in [3.05, 3.63) is 76.4 Å². The van der Waals surface area contributed by atoms with Crippen molar-refractivity contribution in [2.75, 3.05) is 5.75 Å². The van der Waals surface area contributed by atoms with Crippen molar-refractivity contribution in [2.24, 2.45) is 7.05 Å². The Morgan fingerprint density at radius 2 is 1.94 bits per heavy atom. The van der Waals surface area contributed by atoms with E-state index in [1.54, 1.807) is 0 Å². The second kappa shape index (κ2) is 11.3. The van der Waals surface area contributed by atoms with Crippen LogP contribution in [0.3, 0.4) is 0 Å². The highest BCUT2D eigenvalue weighted by molar-refractivity contribution is 8.07. The molecule has 2 aromatic heterocycles. The number of aliphatic carboxylic acids is 1. The molecule has 12 heteroatoms. The maximum Gasteiger partial charge on any atom is 0.353 e. The van der Waals surface area contributed by atoms with Crippen LogP contribution in [0, 0.1) is 0 Å². The molecule has 0 aliphatic carbocycles. The summed E-state index contributed by atoms with van der Waals surface area (Å²) in [7, 11) is 1.94. The number of rotatable bonds is 7. The summed E-state index contributed by atoms with van der Waals surface area (Å²) < 4.78 is 2.65. The van der Waals surface area contributed by atoms with Gasteiger partial charge in [-0.1, -0.05) is 42.1 Å². The Hall–Kier alpha value is -2.42. The van der Waals surface area contributed by atoms with Gasteiger partial charge in [-0.15, -0.1) is 23.1 Å². The molecule has 2 amide bonds. The molecule has 0 unspecified atom stereocenters. The molecule has 2 N–H and O–H groups in total. The number of pyridine rings is 1. The first-order chi connectivity index (χ1) is 16.9. The average molecular weight is 653 g/mol. The van der Waals surface area contributed by atoms with E-state index in [0.29, 0.717) is 15.0 Å². The normalized spacial score (nSPS) is 18.7. The quantitative estimate of drug-likeness (QED) is 0.205. The molecule has 2 atom stereocenters. The van der Waals surface area contributed by atoms with Crippen LogP contribution in [-0.2, 0) is 27.9 Å². The maximum atomic E-state index is 12.9. The first kappa shape index (κ1) is 26.6. The molecule has 0 saturated carbocycles. The van der Waals surface area contributed by atoms with Crippen LogP contribution in [-0.4, -0.2) is 49.9 Å². The molecule has 1 saturated heterocycles. The summed E-state index contributed by atoms with van der Waals surface area (Å²) in [5, 5.41) is 14.2. The molecule has 2 aliphatic rings. The van der Waals surface area contributed by atoms with Crippen molar-refractivity contribution in [1.29, 1.82) is 0 Å². The minimum absolute atomic E-state index is 0. The number of nitrogens with zero attached hydrogens (tertiary/aromatic N) is 3. The summed E-state index contributed by atoms with van der Waals surface area (Å²) in [4.78, 5) is 44.0. The Labute approximate surface area is 237 Å². The predicted octanol–water partition coefficient (Wildman–Crippen LogP) is -0.330. The lowest BCUT2D eigenvalue weighted by Crippen LogP contribution is -3.00. The molecule has 1 aromatic carbocycles. The molecule has 36 heavy (non-hydrogen) atoms. The van der Waals surface area contributed by atoms with Crippen LogP contribution in [0.5, 0.6) is 0 Å². The highest BCUT2D eigenvalue weighted by Crippen LogP contribution is 2.46. The summed E-state index contributed by atoms with van der Waals surface area (Å²) in [5.74, 6) is -1.41. The molecular formula is C24H21IN4O4S3. The first-order valence-corrected chi connectivity index (χ1v) is 13.5. The van der Waals surface area contributed by atoms with E-state index >= 15 is 0 Å². The maximum absolute atomic E-state index is 12.9. The third-order valence-corrected chi connectivity index (χ3v) is 9.11. The zero-order chi connectivity index (χ0) is 24.5. The van der Waals surface area contributed by atoms with E-state index in [9.17, 15) is 19.5 Å². The smallest absolute Gasteiger partial charge is 0.353 e. The Kier molecular flexibility index (Phi) is 8.37. The van der Waals surface area contributed by atoms with Crippen molar-refractivity contribution in [3.63, 3.8) is 0 Å². The molecule has 4 heterocycles. The number of aryl methyl sites for hydroxylation is 1. The van der Waals surface area contributed by atoms with Gasteiger partial charge in [-0.2, -0.15) is 0 Å². The highest BCUT2D eigenvalue weighted by atomic mass is 127. The van der Waals surface area contributed by atoms with E-state index in [0.717, 1.165) is 16.8 Å². The van der Waals surface area contributed by atoms with Gasteiger partial charge in [-0.05, 0) is 5.56 Å². The summed E-state index contributed by atoms with van der Waals surface area (Å²) in [6, 6.07) is 12.5. The van der Waals surface area contributed by atoms with Crippen LogP contribution < -0.4 is 33.9 Å². The lowest BCUT2D eigenvalue weighted by Gasteiger charge is -2.49.